The Morgan fingerprint density at radius 3 is 2.70 bits per heavy atom. The number of rotatable bonds is 4. The van der Waals surface area contributed by atoms with Gasteiger partial charge < -0.3 is 10.3 Å². The highest BCUT2D eigenvalue weighted by Crippen LogP contribution is 2.27. The van der Waals surface area contributed by atoms with Gasteiger partial charge in [-0.05, 0) is 18.2 Å². The third-order valence-corrected chi connectivity index (χ3v) is 2.82. The van der Waals surface area contributed by atoms with E-state index >= 15 is 0 Å². The molecule has 0 bridgehead atoms. The average molecular weight is 294 g/mol. The highest BCUT2D eigenvalue weighted by Gasteiger charge is 2.14. The van der Waals surface area contributed by atoms with Gasteiger partial charge in [-0.3, -0.25) is 19.7 Å². The summed E-state index contributed by atoms with van der Waals surface area (Å²) in [5.74, 6) is -0.555. The molecule has 7 nitrogen and oxygen atoms in total. The van der Waals surface area contributed by atoms with Gasteiger partial charge in [0.2, 0.25) is 0 Å². The van der Waals surface area contributed by atoms with Crippen molar-refractivity contribution in [2.45, 2.75) is 0 Å². The van der Waals surface area contributed by atoms with Crippen LogP contribution in [-0.2, 0) is 0 Å². The number of carbonyl (C=O) groups excluding carboxylic acids is 2. The van der Waals surface area contributed by atoms with Crippen LogP contribution < -0.4 is 5.32 Å². The molecule has 102 valence electrons. The fourth-order valence-electron chi connectivity index (χ4n) is 1.53. The standard InChI is InChI=1S/C12H8ClN3O4/c13-9-3-2-8(16(19)20)5-11(9)15-12(18)10-4-1-7(6-17)14-10/h1-6,14H,(H,15,18). The Kier molecular flexibility index (Phi) is 3.81. The van der Waals surface area contributed by atoms with E-state index in [1.165, 1.54) is 24.3 Å². The van der Waals surface area contributed by atoms with E-state index in [1.54, 1.807) is 0 Å². The SMILES string of the molecule is O=Cc1ccc(C(=O)Nc2cc([N+](=O)[O-])ccc2Cl)[nH]1. The number of H-pyrrole nitrogens is 1. The van der Waals surface area contributed by atoms with E-state index in [9.17, 15) is 19.7 Å². The van der Waals surface area contributed by atoms with E-state index in [1.807, 2.05) is 0 Å². The molecule has 2 rings (SSSR count). The molecule has 0 fully saturated rings. The number of nitrogens with one attached hydrogen (secondary N) is 2. The van der Waals surface area contributed by atoms with E-state index < -0.39 is 10.8 Å². The maximum absolute atomic E-state index is 11.9. The van der Waals surface area contributed by atoms with Gasteiger partial charge in [0.15, 0.2) is 6.29 Å². The summed E-state index contributed by atoms with van der Waals surface area (Å²) < 4.78 is 0. The number of non-ortho nitro benzene ring substituents is 1. The number of aromatic amines is 1. The summed E-state index contributed by atoms with van der Waals surface area (Å²) in [5, 5.41) is 13.3. The third-order valence-electron chi connectivity index (χ3n) is 2.49. The smallest absolute Gasteiger partial charge is 0.272 e. The zero-order chi connectivity index (χ0) is 14.7. The summed E-state index contributed by atoms with van der Waals surface area (Å²) in [6.45, 7) is 0. The van der Waals surface area contributed by atoms with Gasteiger partial charge in [-0.2, -0.15) is 0 Å². The Labute approximate surface area is 117 Å². The zero-order valence-electron chi connectivity index (χ0n) is 9.92. The number of hydrogen-bond donors (Lipinski definition) is 2. The number of aromatic nitrogens is 1. The molecular formula is C12H8ClN3O4. The van der Waals surface area contributed by atoms with E-state index in [2.05, 4.69) is 10.3 Å². The van der Waals surface area contributed by atoms with Gasteiger partial charge in [0.25, 0.3) is 11.6 Å². The van der Waals surface area contributed by atoms with Gasteiger partial charge in [0.05, 0.1) is 21.3 Å². The number of aldehydes is 1. The van der Waals surface area contributed by atoms with Crippen LogP contribution in [0.25, 0.3) is 0 Å². The van der Waals surface area contributed by atoms with Crippen LogP contribution in [0.15, 0.2) is 30.3 Å². The molecule has 1 heterocycles. The molecular weight excluding hydrogens is 286 g/mol. The Balaban J connectivity index is 2.24. The van der Waals surface area contributed by atoms with Crippen LogP contribution in [0.2, 0.25) is 5.02 Å². The second kappa shape index (κ2) is 5.54. The molecule has 0 aliphatic carbocycles. The molecule has 0 saturated carbocycles. The van der Waals surface area contributed by atoms with Crippen molar-refractivity contribution in [1.29, 1.82) is 0 Å². The third kappa shape index (κ3) is 2.83. The lowest BCUT2D eigenvalue weighted by Crippen LogP contribution is -2.13. The Bertz CT molecular complexity index is 696. The number of amides is 1. The van der Waals surface area contributed by atoms with E-state index in [-0.39, 0.29) is 27.8 Å². The Hall–Kier alpha value is -2.67. The van der Waals surface area contributed by atoms with Gasteiger partial charge in [0, 0.05) is 12.1 Å². The molecule has 1 amide bonds. The number of anilines is 1. The highest BCUT2D eigenvalue weighted by molar-refractivity contribution is 6.34. The minimum Gasteiger partial charge on any atom is -0.348 e. The number of halogens is 1. The minimum atomic E-state index is -0.592. The number of nitro benzene ring substituents is 1. The molecule has 0 saturated heterocycles. The first-order valence-electron chi connectivity index (χ1n) is 5.40. The van der Waals surface area contributed by atoms with Gasteiger partial charge >= 0.3 is 0 Å². The van der Waals surface area contributed by atoms with Crippen LogP contribution in [0.4, 0.5) is 11.4 Å². The number of nitrogens with zero attached hydrogens (tertiary/aromatic N) is 1. The van der Waals surface area contributed by atoms with Gasteiger partial charge in [-0.25, -0.2) is 0 Å². The predicted molar refractivity (Wildman–Crippen MR) is 72.2 cm³/mol. The molecule has 0 radical (unpaired) electrons. The summed E-state index contributed by atoms with van der Waals surface area (Å²) in [7, 11) is 0. The lowest BCUT2D eigenvalue weighted by atomic mass is 10.2. The highest BCUT2D eigenvalue weighted by atomic mass is 35.5. The van der Waals surface area contributed by atoms with Crippen molar-refractivity contribution in [1.82, 2.24) is 4.98 Å². The van der Waals surface area contributed by atoms with Gasteiger partial charge in [-0.1, -0.05) is 11.6 Å². The van der Waals surface area contributed by atoms with Crippen molar-refractivity contribution in [2.24, 2.45) is 0 Å². The second-order valence-corrected chi connectivity index (χ2v) is 4.23. The maximum atomic E-state index is 11.9. The molecule has 0 atom stereocenters. The zero-order valence-corrected chi connectivity index (χ0v) is 10.7. The summed E-state index contributed by atoms with van der Waals surface area (Å²) >= 11 is 5.86. The van der Waals surface area contributed by atoms with Crippen molar-refractivity contribution in [3.8, 4) is 0 Å². The summed E-state index contributed by atoms with van der Waals surface area (Å²) in [6.07, 6.45) is 0.567. The molecule has 0 unspecified atom stereocenters. The first-order chi connectivity index (χ1) is 9.51. The molecule has 8 heteroatoms. The summed E-state index contributed by atoms with van der Waals surface area (Å²) in [6, 6.07) is 6.57. The van der Waals surface area contributed by atoms with E-state index in [4.69, 9.17) is 11.6 Å². The monoisotopic (exact) mass is 293 g/mol. The number of hydrogen-bond acceptors (Lipinski definition) is 4. The molecule has 1 aromatic carbocycles. The molecule has 2 N–H and O–H groups in total. The fourth-order valence-corrected chi connectivity index (χ4v) is 1.69. The van der Waals surface area contributed by atoms with E-state index in [0.717, 1.165) is 6.07 Å². The predicted octanol–water partition coefficient (Wildman–Crippen LogP) is 2.64. The van der Waals surface area contributed by atoms with Crippen LogP contribution in [-0.4, -0.2) is 22.1 Å². The molecule has 1 aromatic heterocycles. The normalized spacial score (nSPS) is 10.1. The maximum Gasteiger partial charge on any atom is 0.272 e. The van der Waals surface area contributed by atoms with E-state index in [0.29, 0.717) is 6.29 Å². The number of benzene rings is 1. The summed E-state index contributed by atoms with van der Waals surface area (Å²) in [4.78, 5) is 35.1. The van der Waals surface area contributed by atoms with Gasteiger partial charge in [-0.15, -0.1) is 0 Å². The quantitative estimate of drug-likeness (QED) is 0.513. The van der Waals surface area contributed by atoms with Crippen molar-refractivity contribution < 1.29 is 14.5 Å². The Morgan fingerprint density at radius 2 is 2.10 bits per heavy atom. The fraction of sp³-hybridized carbons (Fsp3) is 0. The van der Waals surface area contributed by atoms with Crippen LogP contribution in [0.1, 0.15) is 21.0 Å². The largest absolute Gasteiger partial charge is 0.348 e. The first-order valence-corrected chi connectivity index (χ1v) is 5.78. The van der Waals surface area contributed by atoms with Crippen molar-refractivity contribution >= 4 is 35.2 Å². The number of nitro groups is 1. The molecule has 2 aromatic rings. The lowest BCUT2D eigenvalue weighted by Gasteiger charge is -2.05. The van der Waals surface area contributed by atoms with Crippen molar-refractivity contribution in [3.63, 3.8) is 0 Å². The van der Waals surface area contributed by atoms with Crippen LogP contribution >= 0.6 is 11.6 Å². The van der Waals surface area contributed by atoms with Crippen LogP contribution in [0.3, 0.4) is 0 Å². The van der Waals surface area contributed by atoms with Crippen LogP contribution in [0, 0.1) is 10.1 Å². The van der Waals surface area contributed by atoms with Crippen molar-refractivity contribution in [3.05, 3.63) is 56.9 Å². The molecule has 0 aliphatic heterocycles. The van der Waals surface area contributed by atoms with Crippen LogP contribution in [0.5, 0.6) is 0 Å². The first kappa shape index (κ1) is 13.8. The minimum absolute atomic E-state index is 0.119. The average Bonchev–Trinajstić information content (AvgIpc) is 2.89. The Morgan fingerprint density at radius 1 is 1.35 bits per heavy atom. The molecule has 0 spiro atoms. The topological polar surface area (TPSA) is 105 Å². The second-order valence-electron chi connectivity index (χ2n) is 3.82. The molecule has 0 aliphatic rings. The summed E-state index contributed by atoms with van der Waals surface area (Å²) in [5.41, 5.74) is 0.327. The van der Waals surface area contributed by atoms with Crippen molar-refractivity contribution in [2.75, 3.05) is 5.32 Å². The van der Waals surface area contributed by atoms with Gasteiger partial charge in [0.1, 0.15) is 5.69 Å². The lowest BCUT2D eigenvalue weighted by molar-refractivity contribution is -0.384. The number of carbonyl (C=O) groups is 2. The molecule has 20 heavy (non-hydrogen) atoms.